The van der Waals surface area contributed by atoms with Gasteiger partial charge in [0, 0.05) is 32.9 Å². The van der Waals surface area contributed by atoms with Crippen LogP contribution in [0, 0.1) is 10.8 Å². The number of hydrogen-bond acceptors (Lipinski definition) is 3. The van der Waals surface area contributed by atoms with Gasteiger partial charge in [-0.3, -0.25) is 4.99 Å². The number of halogens is 1. The van der Waals surface area contributed by atoms with Crippen LogP contribution in [0.3, 0.4) is 0 Å². The first-order chi connectivity index (χ1) is 11.1. The van der Waals surface area contributed by atoms with Crippen LogP contribution in [0.25, 0.3) is 0 Å². The molecule has 1 aliphatic carbocycles. The number of aliphatic imine (C=N–C) groups is 1. The van der Waals surface area contributed by atoms with Crippen LogP contribution in [-0.4, -0.2) is 58.0 Å². The molecule has 2 aliphatic rings. The molecule has 0 bridgehead atoms. The summed E-state index contributed by atoms with van der Waals surface area (Å²) < 4.78 is 22.8. The SMILES string of the molecule is CN=C(NCC(C)(C)CCS(C)(=O)=O)N1CCC2(CCCCC2)C1.I. The first-order valence-corrected chi connectivity index (χ1v) is 11.3. The molecule has 2 rings (SSSR count). The van der Waals surface area contributed by atoms with Crippen LogP contribution in [0.1, 0.15) is 58.8 Å². The fourth-order valence-electron chi connectivity index (χ4n) is 4.03. The van der Waals surface area contributed by atoms with Gasteiger partial charge in [0.2, 0.25) is 0 Å². The lowest BCUT2D eigenvalue weighted by molar-refractivity contribution is 0.203. The van der Waals surface area contributed by atoms with Gasteiger partial charge in [0.25, 0.3) is 0 Å². The number of guanidine groups is 1. The highest BCUT2D eigenvalue weighted by molar-refractivity contribution is 14.0. The van der Waals surface area contributed by atoms with Crippen molar-refractivity contribution < 1.29 is 8.42 Å². The highest BCUT2D eigenvalue weighted by Gasteiger charge is 2.39. The lowest BCUT2D eigenvalue weighted by Gasteiger charge is -2.34. The molecule has 2 fully saturated rings. The van der Waals surface area contributed by atoms with E-state index in [1.165, 1.54) is 44.8 Å². The molecule has 1 aliphatic heterocycles. The zero-order valence-electron chi connectivity index (χ0n) is 16.3. The molecule has 1 spiro atoms. The Balaban J connectivity index is 0.00000312. The predicted molar refractivity (Wildman–Crippen MR) is 117 cm³/mol. The summed E-state index contributed by atoms with van der Waals surface area (Å²) >= 11 is 0. The van der Waals surface area contributed by atoms with Crippen molar-refractivity contribution in [2.45, 2.75) is 58.8 Å². The number of rotatable bonds is 5. The van der Waals surface area contributed by atoms with Crippen LogP contribution in [-0.2, 0) is 9.84 Å². The van der Waals surface area contributed by atoms with Crippen molar-refractivity contribution in [3.8, 4) is 0 Å². The summed E-state index contributed by atoms with van der Waals surface area (Å²) in [5.41, 5.74) is 0.447. The molecule has 1 N–H and O–H groups in total. The van der Waals surface area contributed by atoms with E-state index in [1.807, 2.05) is 7.05 Å². The number of sulfone groups is 1. The molecule has 0 amide bonds. The molecule has 0 aromatic rings. The van der Waals surface area contributed by atoms with E-state index in [0.717, 1.165) is 25.6 Å². The molecule has 7 heteroatoms. The van der Waals surface area contributed by atoms with E-state index in [4.69, 9.17) is 0 Å². The molecule has 148 valence electrons. The number of nitrogens with one attached hydrogen (secondary N) is 1. The third-order valence-corrected chi connectivity index (χ3v) is 6.68. The van der Waals surface area contributed by atoms with E-state index in [2.05, 4.69) is 29.1 Å². The van der Waals surface area contributed by atoms with Gasteiger partial charge in [-0.25, -0.2) is 8.42 Å². The smallest absolute Gasteiger partial charge is 0.193 e. The molecule has 0 unspecified atom stereocenters. The van der Waals surface area contributed by atoms with Gasteiger partial charge >= 0.3 is 0 Å². The zero-order chi connectivity index (χ0) is 17.8. The maximum atomic E-state index is 11.4. The summed E-state index contributed by atoms with van der Waals surface area (Å²) in [5.74, 6) is 1.22. The van der Waals surface area contributed by atoms with E-state index in [0.29, 0.717) is 11.8 Å². The van der Waals surface area contributed by atoms with Crippen LogP contribution in [0.15, 0.2) is 4.99 Å². The summed E-state index contributed by atoms with van der Waals surface area (Å²) in [6.45, 7) is 7.19. The van der Waals surface area contributed by atoms with Gasteiger partial charge in [0.15, 0.2) is 5.96 Å². The normalized spacial score (nSPS) is 21.3. The van der Waals surface area contributed by atoms with Gasteiger partial charge in [-0.05, 0) is 36.5 Å². The lowest BCUT2D eigenvalue weighted by atomic mass is 9.73. The second kappa shape index (κ2) is 9.24. The van der Waals surface area contributed by atoms with Crippen LogP contribution < -0.4 is 5.32 Å². The summed E-state index contributed by atoms with van der Waals surface area (Å²) in [5, 5.41) is 3.49. The summed E-state index contributed by atoms with van der Waals surface area (Å²) in [4.78, 5) is 6.87. The van der Waals surface area contributed by atoms with Gasteiger partial charge in [-0.1, -0.05) is 33.1 Å². The minimum Gasteiger partial charge on any atom is -0.356 e. The topological polar surface area (TPSA) is 61.8 Å². The Bertz CT molecular complexity index is 555. The molecule has 0 atom stereocenters. The van der Waals surface area contributed by atoms with Crippen molar-refractivity contribution in [2.24, 2.45) is 15.8 Å². The van der Waals surface area contributed by atoms with E-state index in [-0.39, 0.29) is 35.1 Å². The Morgan fingerprint density at radius 3 is 2.40 bits per heavy atom. The highest BCUT2D eigenvalue weighted by Crippen LogP contribution is 2.43. The van der Waals surface area contributed by atoms with Crippen LogP contribution in [0.4, 0.5) is 0 Å². The van der Waals surface area contributed by atoms with Crippen molar-refractivity contribution in [2.75, 3.05) is 38.7 Å². The Labute approximate surface area is 171 Å². The van der Waals surface area contributed by atoms with E-state index in [1.54, 1.807) is 0 Å². The third kappa shape index (κ3) is 7.23. The predicted octanol–water partition coefficient (Wildman–Crippen LogP) is 3.30. The maximum absolute atomic E-state index is 11.4. The largest absolute Gasteiger partial charge is 0.356 e. The van der Waals surface area contributed by atoms with E-state index < -0.39 is 9.84 Å². The molecule has 0 aromatic heterocycles. The molecule has 25 heavy (non-hydrogen) atoms. The molecule has 1 saturated heterocycles. The minimum absolute atomic E-state index is 0. The first kappa shape index (κ1) is 23.0. The second-order valence-electron chi connectivity index (χ2n) is 8.68. The fourth-order valence-corrected chi connectivity index (χ4v) is 4.95. The zero-order valence-corrected chi connectivity index (χ0v) is 19.5. The molecule has 1 heterocycles. The Morgan fingerprint density at radius 1 is 1.20 bits per heavy atom. The molecular weight excluding hydrogens is 449 g/mol. The third-order valence-electron chi connectivity index (χ3n) is 5.74. The fraction of sp³-hybridized carbons (Fsp3) is 0.944. The molecule has 5 nitrogen and oxygen atoms in total. The monoisotopic (exact) mass is 485 g/mol. The average Bonchev–Trinajstić information content (AvgIpc) is 2.90. The molecule has 1 saturated carbocycles. The summed E-state index contributed by atoms with van der Waals surface area (Å²) in [6.07, 6.45) is 10.1. The summed E-state index contributed by atoms with van der Waals surface area (Å²) in [7, 11) is -1.06. The van der Waals surface area contributed by atoms with Gasteiger partial charge in [0.05, 0.1) is 5.75 Å². The Kier molecular flexibility index (Phi) is 8.50. The Morgan fingerprint density at radius 2 is 1.84 bits per heavy atom. The van der Waals surface area contributed by atoms with Crippen molar-refractivity contribution in [1.29, 1.82) is 0 Å². The van der Waals surface area contributed by atoms with Gasteiger partial charge < -0.3 is 10.2 Å². The maximum Gasteiger partial charge on any atom is 0.193 e. The molecule has 0 aromatic carbocycles. The van der Waals surface area contributed by atoms with Gasteiger partial charge in [0.1, 0.15) is 9.84 Å². The minimum atomic E-state index is -2.90. The van der Waals surface area contributed by atoms with Crippen LogP contribution >= 0.6 is 24.0 Å². The number of nitrogens with zero attached hydrogens (tertiary/aromatic N) is 2. The number of hydrogen-bond donors (Lipinski definition) is 1. The molecule has 0 radical (unpaired) electrons. The van der Waals surface area contributed by atoms with Gasteiger partial charge in [-0.15, -0.1) is 24.0 Å². The standard InChI is InChI=1S/C18H35N3O2S.HI/c1-17(2,11-13-24(4,22)23)14-20-16(19-3)21-12-10-18(15-21)8-6-5-7-9-18;/h5-15H2,1-4H3,(H,19,20);1H. The van der Waals surface area contributed by atoms with Crippen molar-refractivity contribution in [3.05, 3.63) is 0 Å². The van der Waals surface area contributed by atoms with Crippen LogP contribution in [0.5, 0.6) is 0 Å². The van der Waals surface area contributed by atoms with Crippen LogP contribution in [0.2, 0.25) is 0 Å². The van der Waals surface area contributed by atoms with Gasteiger partial charge in [-0.2, -0.15) is 0 Å². The van der Waals surface area contributed by atoms with Crippen molar-refractivity contribution in [3.63, 3.8) is 0 Å². The van der Waals surface area contributed by atoms with Crippen molar-refractivity contribution >= 4 is 39.8 Å². The van der Waals surface area contributed by atoms with E-state index in [9.17, 15) is 8.42 Å². The molecular formula is C18H36IN3O2S. The quantitative estimate of drug-likeness (QED) is 0.369. The second-order valence-corrected chi connectivity index (χ2v) is 10.9. The summed E-state index contributed by atoms with van der Waals surface area (Å²) in [6, 6.07) is 0. The lowest BCUT2D eigenvalue weighted by Crippen LogP contribution is -2.45. The first-order valence-electron chi connectivity index (χ1n) is 9.28. The number of likely N-dealkylation sites (tertiary alicyclic amines) is 1. The Hall–Kier alpha value is -0.0500. The average molecular weight is 485 g/mol. The van der Waals surface area contributed by atoms with Crippen molar-refractivity contribution in [1.82, 2.24) is 10.2 Å². The highest BCUT2D eigenvalue weighted by atomic mass is 127. The van der Waals surface area contributed by atoms with E-state index >= 15 is 0 Å².